The van der Waals surface area contributed by atoms with Crippen LogP contribution in [0.2, 0.25) is 0 Å². The minimum Gasteiger partial charge on any atom is -0.390 e. The van der Waals surface area contributed by atoms with Gasteiger partial charge in [0.2, 0.25) is 0 Å². The lowest BCUT2D eigenvalue weighted by Crippen LogP contribution is -2.10. The number of hydrogen-bond acceptors (Lipinski definition) is 6. The molecule has 0 aliphatic carbocycles. The predicted octanol–water partition coefficient (Wildman–Crippen LogP) is 1.70. The predicted molar refractivity (Wildman–Crippen MR) is 88.6 cm³/mol. The van der Waals surface area contributed by atoms with Crippen molar-refractivity contribution in [2.24, 2.45) is 9.98 Å². The van der Waals surface area contributed by atoms with E-state index in [4.69, 9.17) is 10.5 Å². The molecule has 6 nitrogen and oxygen atoms in total. The largest absolute Gasteiger partial charge is 0.390 e. The zero-order valence-electron chi connectivity index (χ0n) is 12.8. The molecule has 1 heterocycles. The normalized spacial score (nSPS) is 23.0. The average Bonchev–Trinajstić information content (AvgIpc) is 2.54. The van der Waals surface area contributed by atoms with Crippen molar-refractivity contribution in [3.63, 3.8) is 0 Å². The molecule has 2 N–H and O–H groups in total. The molecule has 0 saturated heterocycles. The summed E-state index contributed by atoms with van der Waals surface area (Å²) in [5, 5.41) is 24.2. The van der Waals surface area contributed by atoms with Crippen LogP contribution in [0.15, 0.2) is 33.5 Å². The van der Waals surface area contributed by atoms with Gasteiger partial charge in [-0.15, -0.1) is 0 Å². The first-order chi connectivity index (χ1) is 10.9. The number of nitrogens with one attached hydrogen (secondary N) is 2. The van der Waals surface area contributed by atoms with Crippen molar-refractivity contribution in [1.82, 2.24) is 10.6 Å². The van der Waals surface area contributed by atoms with Crippen LogP contribution in [0.5, 0.6) is 0 Å². The molecular formula is C16H22N6. The fraction of sp³-hybridized carbons (Fsp3) is 0.500. The summed E-state index contributed by atoms with van der Waals surface area (Å²) >= 11 is 0. The number of aliphatic imine (C=N–C) groups is 2. The standard InChI is InChI=1S/C16H22N6/c17-9-15-11-19-5-1-2-6-20-12-16(10-18)14-22-8-4-3-7-21-13-15/h11-14,19,22H,1-8H2/b15-11-,16-14-,20-12?,21-13?. The molecular weight excluding hydrogens is 276 g/mol. The lowest BCUT2D eigenvalue weighted by molar-refractivity contribution is 0.701. The number of rotatable bonds is 0. The molecule has 0 spiro atoms. The Balaban J connectivity index is 2.55. The Morgan fingerprint density at radius 2 is 1.23 bits per heavy atom. The van der Waals surface area contributed by atoms with Crippen LogP contribution in [0.1, 0.15) is 25.7 Å². The first-order valence-electron chi connectivity index (χ1n) is 7.54. The molecule has 0 amide bonds. The van der Waals surface area contributed by atoms with Gasteiger partial charge in [-0.05, 0) is 25.7 Å². The topological polar surface area (TPSA) is 96.4 Å². The summed E-state index contributed by atoms with van der Waals surface area (Å²) in [5.41, 5.74) is 1.08. The molecule has 0 radical (unpaired) electrons. The second-order valence-corrected chi connectivity index (χ2v) is 4.82. The smallest absolute Gasteiger partial charge is 0.102 e. The van der Waals surface area contributed by atoms with Crippen LogP contribution in [0.4, 0.5) is 0 Å². The van der Waals surface area contributed by atoms with E-state index in [1.165, 1.54) is 0 Å². The van der Waals surface area contributed by atoms with Crippen LogP contribution in [-0.4, -0.2) is 38.6 Å². The lowest BCUT2D eigenvalue weighted by atomic mass is 10.3. The van der Waals surface area contributed by atoms with Crippen LogP contribution in [0.25, 0.3) is 0 Å². The third-order valence-electron chi connectivity index (χ3n) is 2.95. The average molecular weight is 298 g/mol. The highest BCUT2D eigenvalue weighted by Crippen LogP contribution is 1.94. The third kappa shape index (κ3) is 8.55. The van der Waals surface area contributed by atoms with Gasteiger partial charge in [0, 0.05) is 51.0 Å². The van der Waals surface area contributed by atoms with Gasteiger partial charge in [-0.1, -0.05) is 0 Å². The summed E-state index contributed by atoms with van der Waals surface area (Å²) in [6, 6.07) is 4.22. The van der Waals surface area contributed by atoms with Crippen molar-refractivity contribution >= 4 is 12.4 Å². The van der Waals surface area contributed by atoms with E-state index in [2.05, 4.69) is 32.8 Å². The molecule has 0 unspecified atom stereocenters. The Kier molecular flexibility index (Phi) is 9.65. The third-order valence-corrected chi connectivity index (χ3v) is 2.95. The zero-order chi connectivity index (χ0) is 15.9. The first-order valence-corrected chi connectivity index (χ1v) is 7.54. The Hall–Kier alpha value is -2.60. The fourth-order valence-electron chi connectivity index (χ4n) is 1.75. The van der Waals surface area contributed by atoms with E-state index < -0.39 is 0 Å². The van der Waals surface area contributed by atoms with Crippen molar-refractivity contribution < 1.29 is 0 Å². The quantitative estimate of drug-likeness (QED) is 0.711. The minimum absolute atomic E-state index is 0.541. The van der Waals surface area contributed by atoms with E-state index >= 15 is 0 Å². The maximum atomic E-state index is 8.98. The lowest BCUT2D eigenvalue weighted by Gasteiger charge is -2.01. The first kappa shape index (κ1) is 17.5. The highest BCUT2D eigenvalue weighted by molar-refractivity contribution is 5.83. The molecule has 0 bridgehead atoms. The van der Waals surface area contributed by atoms with Gasteiger partial charge in [-0.3, -0.25) is 9.98 Å². The van der Waals surface area contributed by atoms with Crippen molar-refractivity contribution in [2.45, 2.75) is 25.7 Å². The summed E-state index contributed by atoms with van der Waals surface area (Å²) in [7, 11) is 0. The molecule has 0 fully saturated rings. The number of hydrogen-bond donors (Lipinski definition) is 2. The Morgan fingerprint density at radius 3 is 1.64 bits per heavy atom. The highest BCUT2D eigenvalue weighted by atomic mass is 14.8. The molecule has 6 heteroatoms. The number of allylic oxidation sites excluding steroid dienone is 2. The van der Waals surface area contributed by atoms with E-state index in [-0.39, 0.29) is 0 Å². The molecule has 1 aliphatic heterocycles. The molecule has 116 valence electrons. The van der Waals surface area contributed by atoms with E-state index in [0.717, 1.165) is 38.8 Å². The molecule has 1 rings (SSSR count). The van der Waals surface area contributed by atoms with E-state index in [9.17, 15) is 0 Å². The highest BCUT2D eigenvalue weighted by Gasteiger charge is 1.93. The van der Waals surface area contributed by atoms with Crippen LogP contribution in [0, 0.1) is 22.7 Å². The van der Waals surface area contributed by atoms with Crippen molar-refractivity contribution in [3.8, 4) is 12.1 Å². The molecule has 22 heavy (non-hydrogen) atoms. The summed E-state index contributed by atoms with van der Waals surface area (Å²) < 4.78 is 0. The van der Waals surface area contributed by atoms with Gasteiger partial charge < -0.3 is 10.6 Å². The summed E-state index contributed by atoms with van der Waals surface area (Å²) in [4.78, 5) is 8.49. The van der Waals surface area contributed by atoms with Crippen LogP contribution < -0.4 is 10.6 Å². The summed E-state index contributed by atoms with van der Waals surface area (Å²) in [5.74, 6) is 0. The molecule has 0 aromatic heterocycles. The molecule has 1 aliphatic rings. The zero-order valence-corrected chi connectivity index (χ0v) is 12.8. The van der Waals surface area contributed by atoms with Gasteiger partial charge >= 0.3 is 0 Å². The Labute approximate surface area is 132 Å². The van der Waals surface area contributed by atoms with Crippen molar-refractivity contribution in [3.05, 3.63) is 23.5 Å². The fourth-order valence-corrected chi connectivity index (χ4v) is 1.75. The SMILES string of the molecule is N#C/C1=C/NCCCCN=C/C(C#N)=C\NCCCCN=C1. The van der Waals surface area contributed by atoms with Crippen molar-refractivity contribution in [2.75, 3.05) is 26.2 Å². The second kappa shape index (κ2) is 12.2. The van der Waals surface area contributed by atoms with E-state index in [0.29, 0.717) is 24.2 Å². The second-order valence-electron chi connectivity index (χ2n) is 4.82. The van der Waals surface area contributed by atoms with Gasteiger partial charge in [-0.25, -0.2) is 0 Å². The van der Waals surface area contributed by atoms with E-state index in [1.54, 1.807) is 24.8 Å². The molecule has 0 aromatic carbocycles. The molecule has 0 saturated carbocycles. The molecule has 0 atom stereocenters. The maximum absolute atomic E-state index is 8.98. The van der Waals surface area contributed by atoms with Crippen molar-refractivity contribution in [1.29, 1.82) is 10.5 Å². The van der Waals surface area contributed by atoms with Gasteiger partial charge in [0.05, 0.1) is 11.1 Å². The van der Waals surface area contributed by atoms with Gasteiger partial charge in [-0.2, -0.15) is 10.5 Å². The number of nitriles is 2. The van der Waals surface area contributed by atoms with Crippen LogP contribution in [-0.2, 0) is 0 Å². The molecule has 0 aromatic rings. The van der Waals surface area contributed by atoms with Gasteiger partial charge in [0.1, 0.15) is 12.1 Å². The Bertz CT molecular complexity index is 468. The summed E-state index contributed by atoms with van der Waals surface area (Å²) in [6.45, 7) is 2.96. The minimum atomic E-state index is 0.541. The summed E-state index contributed by atoms with van der Waals surface area (Å²) in [6.07, 6.45) is 10.4. The monoisotopic (exact) mass is 298 g/mol. The van der Waals surface area contributed by atoms with Gasteiger partial charge in [0.15, 0.2) is 0 Å². The van der Waals surface area contributed by atoms with Gasteiger partial charge in [0.25, 0.3) is 0 Å². The van der Waals surface area contributed by atoms with Crippen LogP contribution in [0.3, 0.4) is 0 Å². The maximum Gasteiger partial charge on any atom is 0.102 e. The van der Waals surface area contributed by atoms with Crippen LogP contribution >= 0.6 is 0 Å². The number of nitrogens with zero attached hydrogens (tertiary/aromatic N) is 4. The van der Waals surface area contributed by atoms with E-state index in [1.807, 2.05) is 0 Å². The Morgan fingerprint density at radius 1 is 0.773 bits per heavy atom.